The first-order chi connectivity index (χ1) is 6.11. The Kier molecular flexibility index (Phi) is 2.90. The van der Waals surface area contributed by atoms with E-state index in [1.807, 2.05) is 0 Å². The second kappa shape index (κ2) is 3.94. The molecule has 0 amide bonds. The SMILES string of the molecule is CC(C)=CC(=O)c1ccncc1F. The molecule has 0 aliphatic rings. The molecule has 0 unspecified atom stereocenters. The number of carbonyl (C=O) groups excluding carboxylic acids is 1. The van der Waals surface area contributed by atoms with Crippen LogP contribution in [0.4, 0.5) is 4.39 Å². The van der Waals surface area contributed by atoms with Crippen molar-refractivity contribution in [2.24, 2.45) is 0 Å². The van der Waals surface area contributed by atoms with Gasteiger partial charge in [-0.3, -0.25) is 9.78 Å². The minimum atomic E-state index is -0.579. The molecule has 0 atom stereocenters. The fourth-order valence-electron chi connectivity index (χ4n) is 0.915. The standard InChI is InChI=1S/C10H10FNO/c1-7(2)5-10(13)8-3-4-12-6-9(8)11/h3-6H,1-2H3. The number of rotatable bonds is 2. The maximum atomic E-state index is 13.0. The maximum absolute atomic E-state index is 13.0. The summed E-state index contributed by atoms with van der Waals surface area (Å²) in [5.41, 5.74) is 0.914. The fraction of sp³-hybridized carbons (Fsp3) is 0.200. The summed E-state index contributed by atoms with van der Waals surface area (Å²) in [4.78, 5) is 14.9. The van der Waals surface area contributed by atoms with Gasteiger partial charge in [0.25, 0.3) is 0 Å². The summed E-state index contributed by atoms with van der Waals surface area (Å²) in [6.45, 7) is 3.58. The predicted octanol–water partition coefficient (Wildman–Crippen LogP) is 2.37. The number of halogens is 1. The molecule has 1 aromatic heterocycles. The molecule has 0 aromatic carbocycles. The Morgan fingerprint density at radius 2 is 2.23 bits per heavy atom. The van der Waals surface area contributed by atoms with Gasteiger partial charge in [0, 0.05) is 6.20 Å². The lowest BCUT2D eigenvalue weighted by Gasteiger charge is -1.96. The number of allylic oxidation sites excluding steroid dienone is 2. The third-order valence-corrected chi connectivity index (χ3v) is 1.46. The lowest BCUT2D eigenvalue weighted by molar-refractivity contribution is 0.104. The zero-order chi connectivity index (χ0) is 9.84. The average molecular weight is 179 g/mol. The van der Waals surface area contributed by atoms with Crippen molar-refractivity contribution in [1.29, 1.82) is 0 Å². The van der Waals surface area contributed by atoms with Gasteiger partial charge in [0.15, 0.2) is 11.6 Å². The normalized spacial score (nSPS) is 9.46. The van der Waals surface area contributed by atoms with E-state index in [2.05, 4.69) is 4.98 Å². The van der Waals surface area contributed by atoms with E-state index in [4.69, 9.17) is 0 Å². The monoisotopic (exact) mass is 179 g/mol. The average Bonchev–Trinajstić information content (AvgIpc) is 2.03. The smallest absolute Gasteiger partial charge is 0.188 e. The highest BCUT2D eigenvalue weighted by Gasteiger charge is 2.07. The number of ketones is 1. The third-order valence-electron chi connectivity index (χ3n) is 1.46. The molecule has 68 valence electrons. The molecular weight excluding hydrogens is 169 g/mol. The minimum Gasteiger partial charge on any atom is -0.289 e. The van der Waals surface area contributed by atoms with Crippen LogP contribution in [0.1, 0.15) is 24.2 Å². The molecule has 0 saturated carbocycles. The summed E-state index contributed by atoms with van der Waals surface area (Å²) >= 11 is 0. The van der Waals surface area contributed by atoms with Gasteiger partial charge < -0.3 is 0 Å². The lowest BCUT2D eigenvalue weighted by Crippen LogP contribution is -1.99. The quantitative estimate of drug-likeness (QED) is 0.515. The molecule has 1 aromatic rings. The van der Waals surface area contributed by atoms with Crippen molar-refractivity contribution in [2.45, 2.75) is 13.8 Å². The van der Waals surface area contributed by atoms with Crippen LogP contribution >= 0.6 is 0 Å². The van der Waals surface area contributed by atoms with Crippen LogP contribution in [0.25, 0.3) is 0 Å². The van der Waals surface area contributed by atoms with E-state index in [-0.39, 0.29) is 11.3 Å². The Balaban J connectivity index is 3.03. The van der Waals surface area contributed by atoms with E-state index in [0.717, 1.165) is 11.8 Å². The summed E-state index contributed by atoms with van der Waals surface area (Å²) in [5.74, 6) is -0.898. The highest BCUT2D eigenvalue weighted by Crippen LogP contribution is 2.07. The molecule has 1 rings (SSSR count). The summed E-state index contributed by atoms with van der Waals surface area (Å²) < 4.78 is 13.0. The van der Waals surface area contributed by atoms with Gasteiger partial charge in [-0.05, 0) is 26.0 Å². The number of pyridine rings is 1. The zero-order valence-corrected chi connectivity index (χ0v) is 7.54. The van der Waals surface area contributed by atoms with E-state index >= 15 is 0 Å². The molecule has 0 N–H and O–H groups in total. The number of nitrogens with zero attached hydrogens (tertiary/aromatic N) is 1. The maximum Gasteiger partial charge on any atom is 0.188 e. The fourth-order valence-corrected chi connectivity index (χ4v) is 0.915. The molecule has 0 spiro atoms. The van der Waals surface area contributed by atoms with Crippen LogP contribution in [-0.4, -0.2) is 10.8 Å². The zero-order valence-electron chi connectivity index (χ0n) is 7.54. The summed E-state index contributed by atoms with van der Waals surface area (Å²) in [6, 6.07) is 1.37. The van der Waals surface area contributed by atoms with Gasteiger partial charge >= 0.3 is 0 Å². The van der Waals surface area contributed by atoms with Gasteiger partial charge in [-0.1, -0.05) is 5.57 Å². The van der Waals surface area contributed by atoms with Crippen LogP contribution < -0.4 is 0 Å². The summed E-state index contributed by atoms with van der Waals surface area (Å²) in [6.07, 6.45) is 3.83. The highest BCUT2D eigenvalue weighted by atomic mass is 19.1. The van der Waals surface area contributed by atoms with Crippen LogP contribution in [0.5, 0.6) is 0 Å². The number of carbonyl (C=O) groups is 1. The van der Waals surface area contributed by atoms with Gasteiger partial charge in [0.1, 0.15) is 0 Å². The first-order valence-electron chi connectivity index (χ1n) is 3.90. The largest absolute Gasteiger partial charge is 0.289 e. The Morgan fingerprint density at radius 1 is 1.54 bits per heavy atom. The van der Waals surface area contributed by atoms with Crippen molar-refractivity contribution >= 4 is 5.78 Å². The first-order valence-corrected chi connectivity index (χ1v) is 3.90. The second-order valence-corrected chi connectivity index (χ2v) is 2.94. The molecule has 3 heteroatoms. The van der Waals surface area contributed by atoms with Gasteiger partial charge in [-0.25, -0.2) is 4.39 Å². The van der Waals surface area contributed by atoms with Crippen molar-refractivity contribution in [3.8, 4) is 0 Å². The van der Waals surface area contributed by atoms with E-state index < -0.39 is 5.82 Å². The van der Waals surface area contributed by atoms with Crippen molar-refractivity contribution in [3.63, 3.8) is 0 Å². The Labute approximate surface area is 76.1 Å². The second-order valence-electron chi connectivity index (χ2n) is 2.94. The van der Waals surface area contributed by atoms with Crippen molar-refractivity contribution in [1.82, 2.24) is 4.98 Å². The minimum absolute atomic E-state index is 0.0659. The molecule has 1 heterocycles. The Hall–Kier alpha value is -1.51. The number of hydrogen-bond donors (Lipinski definition) is 0. The van der Waals surface area contributed by atoms with Crippen molar-refractivity contribution in [2.75, 3.05) is 0 Å². The highest BCUT2D eigenvalue weighted by molar-refractivity contribution is 6.04. The first kappa shape index (κ1) is 9.58. The van der Waals surface area contributed by atoms with Gasteiger partial charge in [0.2, 0.25) is 0 Å². The molecular formula is C10H10FNO. The van der Waals surface area contributed by atoms with Crippen LogP contribution in [0.15, 0.2) is 30.1 Å². The molecule has 0 saturated heterocycles. The molecule has 0 aliphatic carbocycles. The number of aromatic nitrogens is 1. The number of hydrogen-bond acceptors (Lipinski definition) is 2. The van der Waals surface area contributed by atoms with E-state index in [1.54, 1.807) is 13.8 Å². The molecule has 13 heavy (non-hydrogen) atoms. The van der Waals surface area contributed by atoms with Gasteiger partial charge in [-0.2, -0.15) is 0 Å². The Morgan fingerprint density at radius 3 is 2.77 bits per heavy atom. The van der Waals surface area contributed by atoms with Crippen LogP contribution in [0.3, 0.4) is 0 Å². The molecule has 0 fully saturated rings. The molecule has 0 bridgehead atoms. The van der Waals surface area contributed by atoms with Crippen LogP contribution in [-0.2, 0) is 0 Å². The lowest BCUT2D eigenvalue weighted by atomic mass is 10.1. The Bertz CT molecular complexity index is 354. The van der Waals surface area contributed by atoms with Gasteiger partial charge in [0.05, 0.1) is 11.8 Å². The summed E-state index contributed by atoms with van der Waals surface area (Å²) in [7, 11) is 0. The predicted molar refractivity (Wildman–Crippen MR) is 48.0 cm³/mol. The summed E-state index contributed by atoms with van der Waals surface area (Å²) in [5, 5.41) is 0. The molecule has 0 aliphatic heterocycles. The topological polar surface area (TPSA) is 30.0 Å². The van der Waals surface area contributed by atoms with Crippen LogP contribution in [0, 0.1) is 5.82 Å². The van der Waals surface area contributed by atoms with Crippen molar-refractivity contribution < 1.29 is 9.18 Å². The third kappa shape index (κ3) is 2.47. The molecule has 0 radical (unpaired) electrons. The van der Waals surface area contributed by atoms with E-state index in [1.165, 1.54) is 18.3 Å². The van der Waals surface area contributed by atoms with Crippen LogP contribution in [0.2, 0.25) is 0 Å². The molecule has 2 nitrogen and oxygen atoms in total. The van der Waals surface area contributed by atoms with E-state index in [0.29, 0.717) is 0 Å². The van der Waals surface area contributed by atoms with Crippen molar-refractivity contribution in [3.05, 3.63) is 41.5 Å². The van der Waals surface area contributed by atoms with E-state index in [9.17, 15) is 9.18 Å². The van der Waals surface area contributed by atoms with Gasteiger partial charge in [-0.15, -0.1) is 0 Å².